The third-order valence-corrected chi connectivity index (χ3v) is 4.47. The predicted molar refractivity (Wildman–Crippen MR) is 79.4 cm³/mol. The van der Waals surface area contributed by atoms with Crippen LogP contribution in [0.4, 0.5) is 0 Å². The Morgan fingerprint density at radius 3 is 2.70 bits per heavy atom. The van der Waals surface area contributed by atoms with Crippen molar-refractivity contribution in [3.8, 4) is 6.07 Å². The quantitative estimate of drug-likeness (QED) is 0.888. The number of hydrogen-bond donors (Lipinski definition) is 1. The molecule has 2 aliphatic rings. The van der Waals surface area contributed by atoms with Crippen molar-refractivity contribution in [2.24, 2.45) is 0 Å². The van der Waals surface area contributed by atoms with Gasteiger partial charge >= 0.3 is 0 Å². The van der Waals surface area contributed by atoms with Crippen LogP contribution in [0, 0.1) is 18.3 Å². The molecule has 0 spiro atoms. The summed E-state index contributed by atoms with van der Waals surface area (Å²) < 4.78 is 0. The highest BCUT2D eigenvalue weighted by atomic mass is 15.3. The summed E-state index contributed by atoms with van der Waals surface area (Å²) in [6, 6.07) is 8.96. The molecule has 1 aromatic rings. The fourth-order valence-corrected chi connectivity index (χ4v) is 3.13. The van der Waals surface area contributed by atoms with Crippen LogP contribution in [0.3, 0.4) is 0 Å². The molecule has 1 aromatic carbocycles. The van der Waals surface area contributed by atoms with Gasteiger partial charge in [0.15, 0.2) is 0 Å². The van der Waals surface area contributed by atoms with Crippen molar-refractivity contribution in [1.82, 2.24) is 15.1 Å². The molecule has 0 saturated carbocycles. The Labute approximate surface area is 121 Å². The number of rotatable bonds is 3. The van der Waals surface area contributed by atoms with Gasteiger partial charge in [-0.15, -0.1) is 0 Å². The highest BCUT2D eigenvalue weighted by molar-refractivity contribution is 5.37. The maximum absolute atomic E-state index is 8.90. The Balaban J connectivity index is 1.52. The van der Waals surface area contributed by atoms with Gasteiger partial charge in [-0.25, -0.2) is 0 Å². The summed E-state index contributed by atoms with van der Waals surface area (Å²) in [6.07, 6.45) is 0. The number of piperazine rings is 1. The predicted octanol–water partition coefficient (Wildman–Crippen LogP) is 0.956. The van der Waals surface area contributed by atoms with E-state index in [2.05, 4.69) is 34.2 Å². The lowest BCUT2D eigenvalue weighted by molar-refractivity contribution is 0.0222. The molecule has 0 unspecified atom stereocenters. The number of benzene rings is 1. The summed E-state index contributed by atoms with van der Waals surface area (Å²) in [7, 11) is 0. The first-order chi connectivity index (χ1) is 9.76. The van der Waals surface area contributed by atoms with Crippen LogP contribution in [0.15, 0.2) is 18.2 Å². The molecule has 2 saturated heterocycles. The van der Waals surface area contributed by atoms with Crippen molar-refractivity contribution in [1.29, 1.82) is 5.26 Å². The Hall–Kier alpha value is -1.41. The minimum absolute atomic E-state index is 0.746. The third kappa shape index (κ3) is 2.85. The molecule has 2 aliphatic heterocycles. The fraction of sp³-hybridized carbons (Fsp3) is 0.562. The molecule has 4 heteroatoms. The summed E-state index contributed by atoms with van der Waals surface area (Å²) >= 11 is 0. The minimum Gasteiger partial charge on any atom is -0.314 e. The molecule has 0 atom stereocenters. The lowest BCUT2D eigenvalue weighted by Gasteiger charge is -2.47. The normalized spacial score (nSPS) is 21.4. The third-order valence-electron chi connectivity index (χ3n) is 4.47. The number of nitrogens with one attached hydrogen (secondary N) is 1. The van der Waals surface area contributed by atoms with Crippen LogP contribution in [-0.2, 0) is 6.54 Å². The molecular formula is C16H22N4. The van der Waals surface area contributed by atoms with E-state index in [1.807, 2.05) is 12.1 Å². The number of hydrogen-bond acceptors (Lipinski definition) is 4. The van der Waals surface area contributed by atoms with Crippen molar-refractivity contribution in [3.05, 3.63) is 34.9 Å². The largest absolute Gasteiger partial charge is 0.314 e. The van der Waals surface area contributed by atoms with Gasteiger partial charge in [-0.3, -0.25) is 9.80 Å². The molecule has 20 heavy (non-hydrogen) atoms. The van der Waals surface area contributed by atoms with Gasteiger partial charge in [0.2, 0.25) is 0 Å². The van der Waals surface area contributed by atoms with Gasteiger partial charge in [-0.05, 0) is 30.2 Å². The Kier molecular flexibility index (Phi) is 4.02. The van der Waals surface area contributed by atoms with Crippen molar-refractivity contribution in [2.75, 3.05) is 39.3 Å². The van der Waals surface area contributed by atoms with Gasteiger partial charge in [0.05, 0.1) is 11.6 Å². The molecule has 3 rings (SSSR count). The second-order valence-corrected chi connectivity index (χ2v) is 5.89. The Morgan fingerprint density at radius 1 is 1.30 bits per heavy atom. The maximum Gasteiger partial charge on any atom is 0.0991 e. The zero-order valence-corrected chi connectivity index (χ0v) is 12.1. The van der Waals surface area contributed by atoms with Crippen molar-refractivity contribution >= 4 is 0 Å². The smallest absolute Gasteiger partial charge is 0.0991 e. The van der Waals surface area contributed by atoms with Crippen LogP contribution in [0.25, 0.3) is 0 Å². The summed E-state index contributed by atoms with van der Waals surface area (Å²) in [6.45, 7) is 10.1. The van der Waals surface area contributed by atoms with E-state index in [0.717, 1.165) is 31.2 Å². The van der Waals surface area contributed by atoms with Crippen LogP contribution in [0.2, 0.25) is 0 Å². The second-order valence-electron chi connectivity index (χ2n) is 5.89. The summed E-state index contributed by atoms with van der Waals surface area (Å²) in [5.41, 5.74) is 3.34. The van der Waals surface area contributed by atoms with Crippen LogP contribution in [-0.4, -0.2) is 55.1 Å². The molecule has 4 nitrogen and oxygen atoms in total. The zero-order chi connectivity index (χ0) is 13.9. The molecule has 0 radical (unpaired) electrons. The summed E-state index contributed by atoms with van der Waals surface area (Å²) in [4.78, 5) is 5.11. The average molecular weight is 270 g/mol. The molecule has 1 N–H and O–H groups in total. The van der Waals surface area contributed by atoms with Gasteiger partial charge in [0.1, 0.15) is 0 Å². The van der Waals surface area contributed by atoms with Gasteiger partial charge in [0, 0.05) is 51.9 Å². The molecule has 2 heterocycles. The number of aryl methyl sites for hydroxylation is 1. The van der Waals surface area contributed by atoms with E-state index in [1.54, 1.807) is 0 Å². The zero-order valence-electron chi connectivity index (χ0n) is 12.1. The highest BCUT2D eigenvalue weighted by Crippen LogP contribution is 2.20. The lowest BCUT2D eigenvalue weighted by Crippen LogP contribution is -2.62. The molecule has 0 aliphatic carbocycles. The molecule has 0 aromatic heterocycles. The SMILES string of the molecule is Cc1cc(C#N)ccc1CN1CC(N2CCNCC2)C1. The Morgan fingerprint density at radius 2 is 2.05 bits per heavy atom. The van der Waals surface area contributed by atoms with E-state index < -0.39 is 0 Å². The first-order valence-corrected chi connectivity index (χ1v) is 7.43. The van der Waals surface area contributed by atoms with Gasteiger partial charge < -0.3 is 5.32 Å². The van der Waals surface area contributed by atoms with Crippen molar-refractivity contribution in [2.45, 2.75) is 19.5 Å². The molecular weight excluding hydrogens is 248 g/mol. The molecule has 106 valence electrons. The van der Waals surface area contributed by atoms with Crippen molar-refractivity contribution < 1.29 is 0 Å². The van der Waals surface area contributed by atoms with Crippen molar-refractivity contribution in [3.63, 3.8) is 0 Å². The highest BCUT2D eigenvalue weighted by Gasteiger charge is 2.32. The molecule has 0 amide bonds. The van der Waals surface area contributed by atoms with Crippen LogP contribution < -0.4 is 5.32 Å². The molecule has 2 fully saturated rings. The van der Waals surface area contributed by atoms with Crippen LogP contribution >= 0.6 is 0 Å². The first-order valence-electron chi connectivity index (χ1n) is 7.43. The van der Waals surface area contributed by atoms with Gasteiger partial charge in [-0.2, -0.15) is 5.26 Å². The number of nitriles is 1. The van der Waals surface area contributed by atoms with Gasteiger partial charge in [-0.1, -0.05) is 6.07 Å². The monoisotopic (exact) mass is 270 g/mol. The van der Waals surface area contributed by atoms with Crippen LogP contribution in [0.5, 0.6) is 0 Å². The standard InChI is InChI=1S/C16H22N4/c1-13-8-14(9-17)2-3-15(13)10-19-11-16(12-19)20-6-4-18-5-7-20/h2-3,8,16,18H,4-7,10-12H2,1H3. The van der Waals surface area contributed by atoms with Crippen LogP contribution in [0.1, 0.15) is 16.7 Å². The maximum atomic E-state index is 8.90. The summed E-state index contributed by atoms with van der Waals surface area (Å²) in [5, 5.41) is 12.3. The minimum atomic E-state index is 0.746. The number of likely N-dealkylation sites (tertiary alicyclic amines) is 1. The van der Waals surface area contributed by atoms with E-state index in [4.69, 9.17) is 5.26 Å². The van der Waals surface area contributed by atoms with E-state index in [9.17, 15) is 0 Å². The first kappa shape index (κ1) is 13.6. The van der Waals surface area contributed by atoms with E-state index in [0.29, 0.717) is 0 Å². The Bertz CT molecular complexity index is 508. The fourth-order valence-electron chi connectivity index (χ4n) is 3.13. The second kappa shape index (κ2) is 5.92. The number of nitrogens with zero attached hydrogens (tertiary/aromatic N) is 3. The van der Waals surface area contributed by atoms with E-state index >= 15 is 0 Å². The topological polar surface area (TPSA) is 42.3 Å². The van der Waals surface area contributed by atoms with E-state index in [-0.39, 0.29) is 0 Å². The van der Waals surface area contributed by atoms with E-state index in [1.165, 1.54) is 37.3 Å². The molecule has 0 bridgehead atoms. The average Bonchev–Trinajstić information content (AvgIpc) is 2.44. The van der Waals surface area contributed by atoms with Gasteiger partial charge in [0.25, 0.3) is 0 Å². The lowest BCUT2D eigenvalue weighted by atomic mass is 10.0. The summed E-state index contributed by atoms with van der Waals surface area (Å²) in [5.74, 6) is 0.